The number of nitrogens with one attached hydrogen (secondary N) is 2. The topological polar surface area (TPSA) is 131 Å². The highest BCUT2D eigenvalue weighted by Crippen LogP contribution is 2.23. The summed E-state index contributed by atoms with van der Waals surface area (Å²) in [7, 11) is 1.35. The van der Waals surface area contributed by atoms with Crippen LogP contribution in [0.15, 0.2) is 29.5 Å². The quantitative estimate of drug-likeness (QED) is 0.545. The van der Waals surface area contributed by atoms with E-state index in [2.05, 4.69) is 10.6 Å². The van der Waals surface area contributed by atoms with Gasteiger partial charge in [0.15, 0.2) is 0 Å². The van der Waals surface area contributed by atoms with Gasteiger partial charge in [-0.1, -0.05) is 0 Å². The van der Waals surface area contributed by atoms with E-state index in [4.69, 9.17) is 9.47 Å². The molecule has 0 unspecified atom stereocenters. The summed E-state index contributed by atoms with van der Waals surface area (Å²) in [6.07, 6.45) is 0. The minimum absolute atomic E-state index is 0.0562. The van der Waals surface area contributed by atoms with Gasteiger partial charge < -0.3 is 20.1 Å². The molecule has 3 rings (SSSR count). The van der Waals surface area contributed by atoms with E-state index >= 15 is 0 Å². The number of esters is 2. The standard InChI is InChI=1S/C18H17N3O7/c1-3-27-17(25)12-7-19-18(26)20-13(12)8-28-16(24)9-4-5-10-11(6-9)15(23)21(2)14(10)22/h4-6H,3,7-8H2,1-2H3,(H2,19,20,26). The Balaban J connectivity index is 1.76. The van der Waals surface area contributed by atoms with Gasteiger partial charge >= 0.3 is 18.0 Å². The molecule has 0 saturated carbocycles. The van der Waals surface area contributed by atoms with Gasteiger partial charge in [0.25, 0.3) is 11.8 Å². The van der Waals surface area contributed by atoms with Gasteiger partial charge in [-0.05, 0) is 25.1 Å². The van der Waals surface area contributed by atoms with Gasteiger partial charge in [0.2, 0.25) is 0 Å². The molecule has 10 nitrogen and oxygen atoms in total. The van der Waals surface area contributed by atoms with Crippen molar-refractivity contribution in [1.82, 2.24) is 15.5 Å². The average molecular weight is 387 g/mol. The first-order valence-corrected chi connectivity index (χ1v) is 8.41. The number of rotatable bonds is 5. The molecule has 0 atom stereocenters. The molecule has 4 amide bonds. The SMILES string of the molecule is CCOC(=O)C1=C(COC(=O)c2ccc3c(c2)C(=O)N(C)C3=O)NC(=O)NC1. The molecule has 1 aromatic rings. The van der Waals surface area contributed by atoms with Crippen molar-refractivity contribution in [2.24, 2.45) is 0 Å². The van der Waals surface area contributed by atoms with Gasteiger partial charge in [0, 0.05) is 7.05 Å². The monoisotopic (exact) mass is 387 g/mol. The molecule has 0 aliphatic carbocycles. The van der Waals surface area contributed by atoms with E-state index in [1.54, 1.807) is 6.92 Å². The van der Waals surface area contributed by atoms with Gasteiger partial charge in [0.1, 0.15) is 6.61 Å². The fourth-order valence-electron chi connectivity index (χ4n) is 2.78. The second-order valence-electron chi connectivity index (χ2n) is 5.99. The third kappa shape index (κ3) is 3.43. The van der Waals surface area contributed by atoms with Gasteiger partial charge in [-0.2, -0.15) is 0 Å². The van der Waals surface area contributed by atoms with E-state index in [9.17, 15) is 24.0 Å². The Morgan fingerprint density at radius 2 is 1.79 bits per heavy atom. The van der Waals surface area contributed by atoms with Crippen LogP contribution in [0.1, 0.15) is 38.0 Å². The zero-order valence-corrected chi connectivity index (χ0v) is 15.2. The zero-order chi connectivity index (χ0) is 20.4. The largest absolute Gasteiger partial charge is 0.463 e. The normalized spacial score (nSPS) is 15.8. The summed E-state index contributed by atoms with van der Waals surface area (Å²) in [4.78, 5) is 60.7. The Hall–Kier alpha value is -3.69. The van der Waals surface area contributed by atoms with Crippen LogP contribution in [0.25, 0.3) is 0 Å². The third-order valence-corrected chi connectivity index (χ3v) is 4.25. The molecule has 28 heavy (non-hydrogen) atoms. The Bertz CT molecular complexity index is 935. The maximum atomic E-state index is 12.3. The Kier molecular flexibility index (Phi) is 5.12. The third-order valence-electron chi connectivity index (χ3n) is 4.25. The second-order valence-corrected chi connectivity index (χ2v) is 5.99. The van der Waals surface area contributed by atoms with E-state index < -0.39 is 29.8 Å². The maximum Gasteiger partial charge on any atom is 0.338 e. The summed E-state index contributed by atoms with van der Waals surface area (Å²) >= 11 is 0. The number of benzene rings is 1. The van der Waals surface area contributed by atoms with Crippen LogP contribution in [0, 0.1) is 0 Å². The van der Waals surface area contributed by atoms with Crippen LogP contribution >= 0.6 is 0 Å². The predicted molar refractivity (Wildman–Crippen MR) is 93.3 cm³/mol. The van der Waals surface area contributed by atoms with Crippen molar-refractivity contribution >= 4 is 29.8 Å². The zero-order valence-electron chi connectivity index (χ0n) is 15.2. The molecular weight excluding hydrogens is 370 g/mol. The minimum Gasteiger partial charge on any atom is -0.463 e. The maximum absolute atomic E-state index is 12.3. The number of nitrogens with zero attached hydrogens (tertiary/aromatic N) is 1. The predicted octanol–water partition coefficient (Wildman–Crippen LogP) is 0.199. The number of carbonyl (C=O) groups excluding carboxylic acids is 5. The molecule has 146 valence electrons. The Morgan fingerprint density at radius 1 is 1.07 bits per heavy atom. The second kappa shape index (κ2) is 7.51. The lowest BCUT2D eigenvalue weighted by molar-refractivity contribution is -0.138. The molecule has 0 fully saturated rings. The summed E-state index contributed by atoms with van der Waals surface area (Å²) in [5.41, 5.74) is 0.646. The molecular formula is C18H17N3O7. The van der Waals surface area contributed by atoms with E-state index in [-0.39, 0.29) is 47.7 Å². The molecule has 2 aliphatic rings. The number of carbonyl (C=O) groups is 5. The van der Waals surface area contributed by atoms with Crippen molar-refractivity contribution in [2.75, 3.05) is 26.8 Å². The van der Waals surface area contributed by atoms with Crippen LogP contribution in [0.2, 0.25) is 0 Å². The number of ether oxygens (including phenoxy) is 2. The van der Waals surface area contributed by atoms with Crippen LogP contribution in [0.5, 0.6) is 0 Å². The Labute approximate surface area is 159 Å². The van der Waals surface area contributed by atoms with E-state index in [1.165, 1.54) is 25.2 Å². The molecule has 2 heterocycles. The number of hydrogen-bond donors (Lipinski definition) is 2. The van der Waals surface area contributed by atoms with Gasteiger partial charge in [0.05, 0.1) is 41.1 Å². The summed E-state index contributed by atoms with van der Waals surface area (Å²) in [6, 6.07) is 3.49. The first-order chi connectivity index (χ1) is 13.3. The number of hydrogen-bond acceptors (Lipinski definition) is 7. The van der Waals surface area contributed by atoms with Crippen molar-refractivity contribution in [1.29, 1.82) is 0 Å². The fourth-order valence-corrected chi connectivity index (χ4v) is 2.78. The first kappa shape index (κ1) is 19.1. The number of fused-ring (bicyclic) bond motifs is 1. The number of imide groups is 1. The molecule has 0 spiro atoms. The average Bonchev–Trinajstić information content (AvgIpc) is 2.90. The van der Waals surface area contributed by atoms with Gasteiger partial charge in [-0.3, -0.25) is 14.5 Å². The summed E-state index contributed by atoms with van der Waals surface area (Å²) in [5, 5.41) is 4.86. The summed E-state index contributed by atoms with van der Waals surface area (Å²) in [5.74, 6) is -2.36. The van der Waals surface area contributed by atoms with Crippen LogP contribution in [0.3, 0.4) is 0 Å². The number of urea groups is 1. The van der Waals surface area contributed by atoms with Crippen LogP contribution < -0.4 is 10.6 Å². The highest BCUT2D eigenvalue weighted by atomic mass is 16.5. The van der Waals surface area contributed by atoms with Crippen molar-refractivity contribution in [3.05, 3.63) is 46.2 Å². The van der Waals surface area contributed by atoms with E-state index in [1.807, 2.05) is 0 Å². The van der Waals surface area contributed by atoms with Crippen molar-refractivity contribution in [3.8, 4) is 0 Å². The molecule has 2 N–H and O–H groups in total. The smallest absolute Gasteiger partial charge is 0.338 e. The molecule has 1 aromatic carbocycles. The molecule has 0 aromatic heterocycles. The fraction of sp³-hybridized carbons (Fsp3) is 0.278. The first-order valence-electron chi connectivity index (χ1n) is 8.41. The van der Waals surface area contributed by atoms with Gasteiger partial charge in [-0.15, -0.1) is 0 Å². The lowest BCUT2D eigenvalue weighted by Crippen LogP contribution is -2.45. The lowest BCUT2D eigenvalue weighted by Gasteiger charge is -2.21. The minimum atomic E-state index is -0.777. The molecule has 0 radical (unpaired) electrons. The van der Waals surface area contributed by atoms with Crippen LogP contribution in [0.4, 0.5) is 4.79 Å². The van der Waals surface area contributed by atoms with E-state index in [0.29, 0.717) is 0 Å². The van der Waals surface area contributed by atoms with Crippen molar-refractivity contribution < 1.29 is 33.4 Å². The molecule has 2 aliphatic heterocycles. The highest BCUT2D eigenvalue weighted by molar-refractivity contribution is 6.21. The van der Waals surface area contributed by atoms with Crippen molar-refractivity contribution in [3.63, 3.8) is 0 Å². The molecule has 0 saturated heterocycles. The lowest BCUT2D eigenvalue weighted by atomic mass is 10.1. The Morgan fingerprint density at radius 3 is 2.50 bits per heavy atom. The summed E-state index contributed by atoms with van der Waals surface area (Å²) in [6.45, 7) is 1.37. The summed E-state index contributed by atoms with van der Waals surface area (Å²) < 4.78 is 10.1. The van der Waals surface area contributed by atoms with Gasteiger partial charge in [-0.25, -0.2) is 14.4 Å². The van der Waals surface area contributed by atoms with Crippen molar-refractivity contribution in [2.45, 2.75) is 6.92 Å². The van der Waals surface area contributed by atoms with Crippen LogP contribution in [-0.4, -0.2) is 61.5 Å². The van der Waals surface area contributed by atoms with Crippen LogP contribution in [-0.2, 0) is 14.3 Å². The van der Waals surface area contributed by atoms with E-state index in [0.717, 1.165) is 4.90 Å². The molecule has 0 bridgehead atoms. The number of amides is 4. The highest BCUT2D eigenvalue weighted by Gasteiger charge is 2.33. The molecule has 10 heteroatoms.